The molecule has 0 aromatic heterocycles. The summed E-state index contributed by atoms with van der Waals surface area (Å²) in [4.78, 5) is 0. The summed E-state index contributed by atoms with van der Waals surface area (Å²) < 4.78 is 5.12. The van der Waals surface area contributed by atoms with Crippen LogP contribution in [0.1, 0.15) is 5.56 Å². The third kappa shape index (κ3) is 1.87. The Hall–Kier alpha value is -1.96. The molecule has 0 saturated heterocycles. The molecule has 1 N–H and O–H groups in total. The lowest BCUT2D eigenvalue weighted by Crippen LogP contribution is -1.89. The first kappa shape index (κ1) is 10.6. The van der Waals surface area contributed by atoms with E-state index in [1.54, 1.807) is 13.2 Å². The Labute approximate surface area is 95.1 Å². The van der Waals surface area contributed by atoms with Crippen LogP contribution < -0.4 is 4.74 Å². The van der Waals surface area contributed by atoms with Crippen molar-refractivity contribution >= 4 is 0 Å². The average Bonchev–Trinajstić information content (AvgIpc) is 2.30. The maximum absolute atomic E-state index is 9.81. The van der Waals surface area contributed by atoms with E-state index >= 15 is 0 Å². The summed E-state index contributed by atoms with van der Waals surface area (Å²) >= 11 is 0. The number of aryl methyl sites for hydroxylation is 1. The van der Waals surface area contributed by atoms with E-state index < -0.39 is 0 Å². The minimum absolute atomic E-state index is 0.182. The zero-order valence-corrected chi connectivity index (χ0v) is 9.40. The monoisotopic (exact) mass is 214 g/mol. The van der Waals surface area contributed by atoms with E-state index in [1.165, 1.54) is 0 Å². The lowest BCUT2D eigenvalue weighted by atomic mass is 10.0. The zero-order chi connectivity index (χ0) is 11.5. The smallest absolute Gasteiger partial charge is 0.163 e. The van der Waals surface area contributed by atoms with Gasteiger partial charge >= 0.3 is 0 Å². The number of benzene rings is 2. The summed E-state index contributed by atoms with van der Waals surface area (Å²) in [6, 6.07) is 13.7. The van der Waals surface area contributed by atoms with Crippen LogP contribution in [0.15, 0.2) is 42.5 Å². The third-order valence-corrected chi connectivity index (χ3v) is 2.57. The Morgan fingerprint density at radius 1 is 1.00 bits per heavy atom. The van der Waals surface area contributed by atoms with Gasteiger partial charge in [-0.05, 0) is 35.7 Å². The summed E-state index contributed by atoms with van der Waals surface area (Å²) in [5.41, 5.74) is 3.02. The van der Waals surface area contributed by atoms with Gasteiger partial charge in [-0.15, -0.1) is 0 Å². The standard InChI is InChI=1S/C14H14O2/c1-10-8-12(9-13(15)14(10)16-2)11-6-4-3-5-7-11/h3-9,15H,1-2H3. The van der Waals surface area contributed by atoms with Crippen molar-refractivity contribution in [2.45, 2.75) is 6.92 Å². The number of phenols is 1. The van der Waals surface area contributed by atoms with E-state index in [0.29, 0.717) is 5.75 Å². The Morgan fingerprint density at radius 3 is 2.25 bits per heavy atom. The SMILES string of the molecule is COc1c(C)cc(-c2ccccc2)cc1O. The van der Waals surface area contributed by atoms with E-state index in [0.717, 1.165) is 16.7 Å². The Morgan fingerprint density at radius 2 is 1.69 bits per heavy atom. The number of hydrogen-bond donors (Lipinski definition) is 1. The van der Waals surface area contributed by atoms with Gasteiger partial charge in [-0.3, -0.25) is 0 Å². The molecule has 2 aromatic carbocycles. The quantitative estimate of drug-likeness (QED) is 0.830. The minimum atomic E-state index is 0.182. The van der Waals surface area contributed by atoms with Gasteiger partial charge in [0, 0.05) is 0 Å². The molecule has 2 nitrogen and oxygen atoms in total. The van der Waals surface area contributed by atoms with Crippen LogP contribution in [0.25, 0.3) is 11.1 Å². The first-order valence-corrected chi connectivity index (χ1v) is 5.15. The zero-order valence-electron chi connectivity index (χ0n) is 9.40. The van der Waals surface area contributed by atoms with Gasteiger partial charge in [-0.1, -0.05) is 30.3 Å². The van der Waals surface area contributed by atoms with Crippen LogP contribution in [0, 0.1) is 6.92 Å². The number of aromatic hydroxyl groups is 1. The molecule has 82 valence electrons. The second-order valence-corrected chi connectivity index (χ2v) is 3.71. The van der Waals surface area contributed by atoms with Crippen LogP contribution in [0.4, 0.5) is 0 Å². The number of ether oxygens (including phenoxy) is 1. The van der Waals surface area contributed by atoms with Crippen molar-refractivity contribution in [1.82, 2.24) is 0 Å². The molecule has 0 fully saturated rings. The minimum Gasteiger partial charge on any atom is -0.504 e. The number of hydrogen-bond acceptors (Lipinski definition) is 2. The molecule has 0 unspecified atom stereocenters. The predicted octanol–water partition coefficient (Wildman–Crippen LogP) is 3.38. The van der Waals surface area contributed by atoms with Gasteiger partial charge in [0.1, 0.15) is 0 Å². The molecule has 0 spiro atoms. The Bertz CT molecular complexity index is 466. The molecule has 0 heterocycles. The molecule has 0 amide bonds. The van der Waals surface area contributed by atoms with Gasteiger partial charge in [0.25, 0.3) is 0 Å². The second kappa shape index (κ2) is 4.27. The summed E-state index contributed by atoms with van der Waals surface area (Å²) in [5.74, 6) is 0.723. The van der Waals surface area contributed by atoms with Crippen molar-refractivity contribution in [3.8, 4) is 22.6 Å². The van der Waals surface area contributed by atoms with Crippen LogP contribution in [0.5, 0.6) is 11.5 Å². The number of rotatable bonds is 2. The summed E-state index contributed by atoms with van der Waals surface area (Å²) in [7, 11) is 1.56. The highest BCUT2D eigenvalue weighted by atomic mass is 16.5. The van der Waals surface area contributed by atoms with Crippen molar-refractivity contribution in [2.75, 3.05) is 7.11 Å². The van der Waals surface area contributed by atoms with Crippen molar-refractivity contribution < 1.29 is 9.84 Å². The van der Waals surface area contributed by atoms with Crippen molar-refractivity contribution in [3.63, 3.8) is 0 Å². The van der Waals surface area contributed by atoms with E-state index in [9.17, 15) is 5.11 Å². The lowest BCUT2D eigenvalue weighted by Gasteiger charge is -2.10. The van der Waals surface area contributed by atoms with Gasteiger partial charge in [0.2, 0.25) is 0 Å². The summed E-state index contributed by atoms with van der Waals surface area (Å²) in [6.45, 7) is 1.92. The van der Waals surface area contributed by atoms with Crippen LogP contribution in [0.2, 0.25) is 0 Å². The topological polar surface area (TPSA) is 29.5 Å². The highest BCUT2D eigenvalue weighted by molar-refractivity contribution is 5.68. The third-order valence-electron chi connectivity index (χ3n) is 2.57. The first-order valence-electron chi connectivity index (χ1n) is 5.15. The van der Waals surface area contributed by atoms with Gasteiger partial charge < -0.3 is 9.84 Å². The lowest BCUT2D eigenvalue weighted by molar-refractivity contribution is 0.371. The predicted molar refractivity (Wildman–Crippen MR) is 64.8 cm³/mol. The van der Waals surface area contributed by atoms with Gasteiger partial charge in [-0.25, -0.2) is 0 Å². The van der Waals surface area contributed by atoms with E-state index in [2.05, 4.69) is 0 Å². The fraction of sp³-hybridized carbons (Fsp3) is 0.143. The second-order valence-electron chi connectivity index (χ2n) is 3.71. The van der Waals surface area contributed by atoms with E-state index in [4.69, 9.17) is 4.74 Å². The maximum Gasteiger partial charge on any atom is 0.163 e. The Balaban J connectivity index is 2.53. The molecule has 0 aliphatic carbocycles. The first-order chi connectivity index (χ1) is 7.72. The van der Waals surface area contributed by atoms with Gasteiger partial charge in [0.15, 0.2) is 11.5 Å². The van der Waals surface area contributed by atoms with Crippen molar-refractivity contribution in [3.05, 3.63) is 48.0 Å². The Kier molecular flexibility index (Phi) is 2.82. The normalized spacial score (nSPS) is 10.1. The molecule has 0 bridgehead atoms. The molecule has 16 heavy (non-hydrogen) atoms. The molecule has 0 atom stereocenters. The van der Waals surface area contributed by atoms with Crippen LogP contribution in [-0.2, 0) is 0 Å². The number of methoxy groups -OCH3 is 1. The molecule has 2 aromatic rings. The fourth-order valence-corrected chi connectivity index (χ4v) is 1.82. The van der Waals surface area contributed by atoms with E-state index in [-0.39, 0.29) is 5.75 Å². The van der Waals surface area contributed by atoms with Crippen LogP contribution in [-0.4, -0.2) is 12.2 Å². The fourth-order valence-electron chi connectivity index (χ4n) is 1.82. The highest BCUT2D eigenvalue weighted by Crippen LogP contribution is 2.34. The average molecular weight is 214 g/mol. The van der Waals surface area contributed by atoms with Crippen molar-refractivity contribution in [1.29, 1.82) is 0 Å². The maximum atomic E-state index is 9.81. The largest absolute Gasteiger partial charge is 0.504 e. The van der Waals surface area contributed by atoms with Crippen LogP contribution in [0.3, 0.4) is 0 Å². The van der Waals surface area contributed by atoms with Gasteiger partial charge in [-0.2, -0.15) is 0 Å². The number of phenolic OH excluding ortho intramolecular Hbond substituents is 1. The summed E-state index contributed by atoms with van der Waals surface area (Å²) in [5, 5.41) is 9.81. The van der Waals surface area contributed by atoms with Crippen LogP contribution >= 0.6 is 0 Å². The molecule has 0 radical (unpaired) electrons. The molecule has 0 saturated carbocycles. The van der Waals surface area contributed by atoms with Gasteiger partial charge in [0.05, 0.1) is 7.11 Å². The molecule has 2 rings (SSSR count). The molecule has 0 aliphatic heterocycles. The molecular weight excluding hydrogens is 200 g/mol. The molecular formula is C14H14O2. The summed E-state index contributed by atoms with van der Waals surface area (Å²) in [6.07, 6.45) is 0. The van der Waals surface area contributed by atoms with E-state index in [1.807, 2.05) is 43.3 Å². The molecule has 2 heteroatoms. The van der Waals surface area contributed by atoms with Crippen molar-refractivity contribution in [2.24, 2.45) is 0 Å². The highest BCUT2D eigenvalue weighted by Gasteiger charge is 2.08. The molecule has 0 aliphatic rings.